The first kappa shape index (κ1) is 12.0. The standard InChI is InChI=1S/C12H13N3O2.ClH/c1-2-15-8-14-11(10(15)7-13-1)9-5-12(6-9)16-3-4-17-12;/h1-2,7-9H,3-6H2;1H. The summed E-state index contributed by atoms with van der Waals surface area (Å²) in [5, 5.41) is 0. The van der Waals surface area contributed by atoms with E-state index in [9.17, 15) is 0 Å². The summed E-state index contributed by atoms with van der Waals surface area (Å²) in [7, 11) is 0. The van der Waals surface area contributed by atoms with Crippen molar-refractivity contribution >= 4 is 12.6 Å². The van der Waals surface area contributed by atoms with Crippen molar-refractivity contribution in [1.82, 2.24) is 0 Å². The lowest BCUT2D eigenvalue weighted by atomic mass is 9.76. The molecule has 0 radical (unpaired) electrons. The average Bonchev–Trinajstić information content (AvgIpc) is 2.93. The molecule has 4 aliphatic rings. The normalized spacial score (nSPS) is 31.7. The Morgan fingerprint density at radius 1 is 1.28 bits per heavy atom. The van der Waals surface area contributed by atoms with Gasteiger partial charge in [-0.3, -0.25) is 4.99 Å². The fraction of sp³-hybridized carbons (Fsp3) is 0.500. The summed E-state index contributed by atoms with van der Waals surface area (Å²) in [5.74, 6) is 0.160. The van der Waals surface area contributed by atoms with Gasteiger partial charge in [-0.05, 0) is 0 Å². The van der Waals surface area contributed by atoms with Gasteiger partial charge < -0.3 is 21.9 Å². The molecule has 1 N–H and O–H groups in total. The highest BCUT2D eigenvalue weighted by atomic mass is 35.5. The molecule has 1 atom stereocenters. The number of quaternary nitrogens is 1. The van der Waals surface area contributed by atoms with E-state index in [2.05, 4.69) is 9.98 Å². The van der Waals surface area contributed by atoms with Gasteiger partial charge in [0.2, 0.25) is 0 Å². The number of nitrogens with one attached hydrogen (secondary N) is 1. The summed E-state index contributed by atoms with van der Waals surface area (Å²) in [6.07, 6.45) is 9.48. The van der Waals surface area contributed by atoms with E-state index in [0.29, 0.717) is 5.92 Å². The van der Waals surface area contributed by atoms with Crippen molar-refractivity contribution in [3.05, 3.63) is 23.8 Å². The molecule has 96 valence electrons. The van der Waals surface area contributed by atoms with Gasteiger partial charge in [-0.2, -0.15) is 0 Å². The summed E-state index contributed by atoms with van der Waals surface area (Å²) in [5.41, 5.74) is 2.32. The van der Waals surface area contributed by atoms with Gasteiger partial charge >= 0.3 is 0 Å². The molecular formula is C12H14ClN3O2. The van der Waals surface area contributed by atoms with Gasteiger partial charge in [-0.1, -0.05) is 0 Å². The molecule has 3 heterocycles. The van der Waals surface area contributed by atoms with E-state index in [0.717, 1.165) is 31.8 Å². The van der Waals surface area contributed by atoms with Gasteiger partial charge in [0.05, 0.1) is 25.6 Å². The smallest absolute Gasteiger partial charge is 0.198 e. The van der Waals surface area contributed by atoms with Crippen LogP contribution in [0, 0.1) is 5.92 Å². The molecule has 0 aromatic rings. The van der Waals surface area contributed by atoms with Crippen LogP contribution in [0.15, 0.2) is 33.8 Å². The number of rotatable bonds is 1. The molecule has 1 aliphatic carbocycles. The third-order valence-electron chi connectivity index (χ3n) is 3.79. The topological polar surface area (TPSA) is 47.6 Å². The van der Waals surface area contributed by atoms with Crippen LogP contribution in [0.5, 0.6) is 0 Å². The van der Waals surface area contributed by atoms with Crippen molar-refractivity contribution in [3.8, 4) is 0 Å². The van der Waals surface area contributed by atoms with Crippen LogP contribution in [0.3, 0.4) is 0 Å². The number of halogens is 1. The number of aliphatic imine (C=N–C) groups is 2. The molecule has 3 aliphatic heterocycles. The zero-order chi connectivity index (χ0) is 11.3. The lowest BCUT2D eigenvalue weighted by Gasteiger charge is -2.42. The van der Waals surface area contributed by atoms with Crippen LogP contribution in [0.1, 0.15) is 12.8 Å². The van der Waals surface area contributed by atoms with Crippen LogP contribution in [0.2, 0.25) is 0 Å². The fourth-order valence-electron chi connectivity index (χ4n) is 2.88. The van der Waals surface area contributed by atoms with Gasteiger partial charge in [0.25, 0.3) is 0 Å². The number of nitrogens with zero attached hydrogens (tertiary/aromatic N) is 2. The highest BCUT2D eigenvalue weighted by Crippen LogP contribution is 2.48. The summed E-state index contributed by atoms with van der Waals surface area (Å²) >= 11 is 0. The molecule has 2 fully saturated rings. The molecule has 1 saturated heterocycles. The van der Waals surface area contributed by atoms with E-state index in [4.69, 9.17) is 9.47 Å². The highest BCUT2D eigenvalue weighted by molar-refractivity contribution is 5.81. The van der Waals surface area contributed by atoms with E-state index in [1.165, 1.54) is 10.6 Å². The third-order valence-corrected chi connectivity index (χ3v) is 3.79. The lowest BCUT2D eigenvalue weighted by molar-refractivity contribution is -0.682. The first-order valence-electron chi connectivity index (χ1n) is 6.00. The summed E-state index contributed by atoms with van der Waals surface area (Å²) in [6, 6.07) is 0. The number of hydrogen-bond acceptors (Lipinski definition) is 4. The predicted molar refractivity (Wildman–Crippen MR) is 61.5 cm³/mol. The molecule has 5 nitrogen and oxygen atoms in total. The minimum absolute atomic E-state index is 0. The van der Waals surface area contributed by atoms with Crippen molar-refractivity contribution in [1.29, 1.82) is 0 Å². The molecule has 0 aromatic carbocycles. The van der Waals surface area contributed by atoms with Crippen molar-refractivity contribution < 1.29 is 26.8 Å². The molecule has 1 unspecified atom stereocenters. The largest absolute Gasteiger partial charge is 1.00 e. The van der Waals surface area contributed by atoms with E-state index in [-0.39, 0.29) is 18.2 Å². The maximum absolute atomic E-state index is 5.65. The van der Waals surface area contributed by atoms with Gasteiger partial charge in [0.15, 0.2) is 17.8 Å². The van der Waals surface area contributed by atoms with Gasteiger partial charge in [-0.15, -0.1) is 0 Å². The summed E-state index contributed by atoms with van der Waals surface area (Å²) in [4.78, 5) is 9.86. The molecule has 0 amide bonds. The third kappa shape index (κ3) is 1.66. The van der Waals surface area contributed by atoms with Crippen LogP contribution >= 0.6 is 0 Å². The Bertz CT molecular complexity index is 470. The molecule has 4 rings (SSSR count). The molecular weight excluding hydrogens is 254 g/mol. The highest BCUT2D eigenvalue weighted by Gasteiger charge is 2.52. The quantitative estimate of drug-likeness (QED) is 0.545. The molecule has 1 spiro atoms. The van der Waals surface area contributed by atoms with Crippen LogP contribution in [-0.4, -0.2) is 31.6 Å². The Morgan fingerprint density at radius 3 is 2.83 bits per heavy atom. The van der Waals surface area contributed by atoms with E-state index in [1.54, 1.807) is 6.20 Å². The molecule has 6 heteroatoms. The van der Waals surface area contributed by atoms with E-state index < -0.39 is 0 Å². The predicted octanol–water partition coefficient (Wildman–Crippen LogP) is -3.16. The Kier molecular flexibility index (Phi) is 2.86. The fourth-order valence-corrected chi connectivity index (χ4v) is 2.88. The van der Waals surface area contributed by atoms with Gasteiger partial charge in [0, 0.05) is 18.8 Å². The molecule has 18 heavy (non-hydrogen) atoms. The monoisotopic (exact) mass is 267 g/mol. The average molecular weight is 268 g/mol. The van der Waals surface area contributed by atoms with E-state index >= 15 is 0 Å². The SMILES string of the molecule is C1=C[NH+]2C=NC(C3CC4(C3)OCCO4)=C2C=N1.[Cl-]. The van der Waals surface area contributed by atoms with Crippen LogP contribution in [0.25, 0.3) is 0 Å². The zero-order valence-corrected chi connectivity index (χ0v) is 10.6. The number of fused-ring (bicyclic) bond motifs is 1. The van der Waals surface area contributed by atoms with Crippen LogP contribution in [0.4, 0.5) is 0 Å². The van der Waals surface area contributed by atoms with Gasteiger partial charge in [0.1, 0.15) is 11.9 Å². The number of ether oxygens (including phenoxy) is 2. The first-order chi connectivity index (χ1) is 8.36. The summed E-state index contributed by atoms with van der Waals surface area (Å²) < 4.78 is 11.3. The Balaban J connectivity index is 0.000001000. The van der Waals surface area contributed by atoms with Crippen molar-refractivity contribution in [3.63, 3.8) is 0 Å². The van der Waals surface area contributed by atoms with E-state index in [1.807, 2.05) is 18.8 Å². The van der Waals surface area contributed by atoms with Crippen molar-refractivity contribution in [2.45, 2.75) is 18.6 Å². The molecule has 0 bridgehead atoms. The number of allylic oxidation sites excluding steroid dienone is 2. The second-order valence-corrected chi connectivity index (χ2v) is 4.82. The molecule has 1 saturated carbocycles. The van der Waals surface area contributed by atoms with Crippen LogP contribution in [-0.2, 0) is 9.47 Å². The maximum atomic E-state index is 5.65. The number of hydrogen-bond donors (Lipinski definition) is 1. The van der Waals surface area contributed by atoms with Crippen LogP contribution < -0.4 is 17.3 Å². The van der Waals surface area contributed by atoms with Crippen molar-refractivity contribution in [2.24, 2.45) is 15.9 Å². The minimum atomic E-state index is -0.294. The van der Waals surface area contributed by atoms with Crippen molar-refractivity contribution in [2.75, 3.05) is 13.2 Å². The first-order valence-corrected chi connectivity index (χ1v) is 6.00. The molecule has 0 aromatic heterocycles. The lowest BCUT2D eigenvalue weighted by Crippen LogP contribution is -3.04. The second kappa shape index (κ2) is 4.28. The zero-order valence-electron chi connectivity index (χ0n) is 9.80. The Hall–Kier alpha value is -1.01. The minimum Gasteiger partial charge on any atom is -1.00 e. The second-order valence-electron chi connectivity index (χ2n) is 4.82. The Labute approximate surface area is 111 Å². The summed E-state index contributed by atoms with van der Waals surface area (Å²) in [6.45, 7) is 1.45. The van der Waals surface area contributed by atoms with Gasteiger partial charge in [-0.25, -0.2) is 9.89 Å². The maximum Gasteiger partial charge on any atom is 0.198 e. The Morgan fingerprint density at radius 2 is 2.06 bits per heavy atom.